The maximum Gasteiger partial charge on any atom is 0.173 e. The van der Waals surface area contributed by atoms with Crippen molar-refractivity contribution >= 4 is 11.7 Å². The number of hydrogen-bond acceptors (Lipinski definition) is 4. The zero-order chi connectivity index (χ0) is 13.8. The molecule has 0 saturated carbocycles. The van der Waals surface area contributed by atoms with Crippen molar-refractivity contribution in [1.82, 2.24) is 4.98 Å². The molecule has 0 radical (unpaired) electrons. The van der Waals surface area contributed by atoms with Crippen LogP contribution in [0.4, 0.5) is 5.82 Å². The third-order valence-corrected chi connectivity index (χ3v) is 3.58. The summed E-state index contributed by atoms with van der Waals surface area (Å²) in [6, 6.07) is 2.04. The first-order valence-electron chi connectivity index (χ1n) is 6.89. The summed E-state index contributed by atoms with van der Waals surface area (Å²) in [5.74, 6) is 0.955. The number of hydrogen-bond donors (Lipinski definition) is 2. The van der Waals surface area contributed by atoms with Crippen LogP contribution in [0.25, 0.3) is 0 Å². The molecule has 0 atom stereocenters. The number of nitrogens with zero attached hydrogens (tertiary/aromatic N) is 3. The average molecular weight is 262 g/mol. The highest BCUT2D eigenvalue weighted by Gasteiger charge is 2.19. The normalized spacial score (nSPS) is 15.2. The predicted molar refractivity (Wildman–Crippen MR) is 77.0 cm³/mol. The Bertz CT molecular complexity index is 485. The second-order valence-corrected chi connectivity index (χ2v) is 5.08. The SMILES string of the molecule is CCCN(C)c1nc2c(cc1C(N)=NO)CCCC2. The summed E-state index contributed by atoms with van der Waals surface area (Å²) in [7, 11) is 2.00. The molecular weight excluding hydrogens is 240 g/mol. The predicted octanol–water partition coefficient (Wildman–Crippen LogP) is 1.90. The van der Waals surface area contributed by atoms with Gasteiger partial charge < -0.3 is 15.8 Å². The molecule has 1 heterocycles. The molecule has 2 rings (SSSR count). The molecule has 0 unspecified atom stereocenters. The van der Waals surface area contributed by atoms with E-state index in [1.807, 2.05) is 13.1 Å². The van der Waals surface area contributed by atoms with E-state index in [0.717, 1.165) is 37.2 Å². The number of aryl methyl sites for hydroxylation is 2. The summed E-state index contributed by atoms with van der Waals surface area (Å²) < 4.78 is 0. The van der Waals surface area contributed by atoms with Crippen molar-refractivity contribution in [3.63, 3.8) is 0 Å². The molecule has 0 amide bonds. The first-order valence-corrected chi connectivity index (χ1v) is 6.89. The Balaban J connectivity index is 2.48. The van der Waals surface area contributed by atoms with Gasteiger partial charge in [0.1, 0.15) is 5.82 Å². The van der Waals surface area contributed by atoms with Crippen LogP contribution in [-0.4, -0.2) is 29.6 Å². The standard InChI is InChI=1S/C14H22N4O/c1-3-8-18(2)14-11(13(15)17-19)9-10-6-4-5-7-12(10)16-14/h9,19H,3-8H2,1-2H3,(H2,15,17). The van der Waals surface area contributed by atoms with E-state index < -0.39 is 0 Å². The van der Waals surface area contributed by atoms with E-state index in [1.165, 1.54) is 24.1 Å². The van der Waals surface area contributed by atoms with Crippen molar-refractivity contribution in [1.29, 1.82) is 0 Å². The van der Waals surface area contributed by atoms with Crippen molar-refractivity contribution in [2.75, 3.05) is 18.5 Å². The summed E-state index contributed by atoms with van der Waals surface area (Å²) in [6.07, 6.45) is 5.48. The zero-order valence-electron chi connectivity index (χ0n) is 11.7. The largest absolute Gasteiger partial charge is 0.409 e. The number of anilines is 1. The van der Waals surface area contributed by atoms with E-state index in [1.54, 1.807) is 0 Å². The highest BCUT2D eigenvalue weighted by Crippen LogP contribution is 2.26. The fraction of sp³-hybridized carbons (Fsp3) is 0.571. The number of oxime groups is 1. The molecule has 19 heavy (non-hydrogen) atoms. The van der Waals surface area contributed by atoms with Gasteiger partial charge in [-0.3, -0.25) is 0 Å². The molecule has 0 aromatic carbocycles. The van der Waals surface area contributed by atoms with E-state index in [2.05, 4.69) is 17.0 Å². The van der Waals surface area contributed by atoms with Crippen molar-refractivity contribution in [3.05, 3.63) is 22.9 Å². The van der Waals surface area contributed by atoms with Crippen molar-refractivity contribution in [3.8, 4) is 0 Å². The lowest BCUT2D eigenvalue weighted by Gasteiger charge is -2.24. The van der Waals surface area contributed by atoms with Crippen molar-refractivity contribution in [2.24, 2.45) is 10.9 Å². The molecule has 5 heteroatoms. The van der Waals surface area contributed by atoms with Gasteiger partial charge in [0.25, 0.3) is 0 Å². The lowest BCUT2D eigenvalue weighted by Crippen LogP contribution is -2.26. The molecule has 5 nitrogen and oxygen atoms in total. The molecule has 1 aliphatic carbocycles. The molecular formula is C14H22N4O. The fourth-order valence-electron chi connectivity index (χ4n) is 2.60. The molecule has 0 aliphatic heterocycles. The Kier molecular flexibility index (Phi) is 4.24. The fourth-order valence-corrected chi connectivity index (χ4v) is 2.60. The van der Waals surface area contributed by atoms with Crippen molar-refractivity contribution in [2.45, 2.75) is 39.0 Å². The average Bonchev–Trinajstić information content (AvgIpc) is 2.45. The first-order chi connectivity index (χ1) is 9.17. The van der Waals surface area contributed by atoms with E-state index >= 15 is 0 Å². The molecule has 0 fully saturated rings. The number of nitrogens with two attached hydrogens (primary N) is 1. The maximum atomic E-state index is 8.95. The Morgan fingerprint density at radius 1 is 1.47 bits per heavy atom. The third kappa shape index (κ3) is 2.80. The van der Waals surface area contributed by atoms with Gasteiger partial charge in [0.2, 0.25) is 0 Å². The summed E-state index contributed by atoms with van der Waals surface area (Å²) in [4.78, 5) is 6.83. The Labute approximate surface area is 114 Å². The van der Waals surface area contributed by atoms with Gasteiger partial charge in [-0.2, -0.15) is 0 Å². The zero-order valence-corrected chi connectivity index (χ0v) is 11.7. The van der Waals surface area contributed by atoms with Gasteiger partial charge in [-0.1, -0.05) is 12.1 Å². The van der Waals surface area contributed by atoms with Crippen LogP contribution in [0.5, 0.6) is 0 Å². The minimum Gasteiger partial charge on any atom is -0.409 e. The maximum absolute atomic E-state index is 8.95. The van der Waals surface area contributed by atoms with Crippen LogP contribution in [0.3, 0.4) is 0 Å². The topological polar surface area (TPSA) is 74.7 Å². The van der Waals surface area contributed by atoms with E-state index in [9.17, 15) is 0 Å². The Morgan fingerprint density at radius 3 is 2.89 bits per heavy atom. The molecule has 0 saturated heterocycles. The second kappa shape index (κ2) is 5.91. The lowest BCUT2D eigenvalue weighted by atomic mass is 9.94. The van der Waals surface area contributed by atoms with Gasteiger partial charge in [0, 0.05) is 19.3 Å². The summed E-state index contributed by atoms with van der Waals surface area (Å²) in [5.41, 5.74) is 8.93. The van der Waals surface area contributed by atoms with Crippen LogP contribution >= 0.6 is 0 Å². The van der Waals surface area contributed by atoms with E-state index in [4.69, 9.17) is 15.9 Å². The smallest absolute Gasteiger partial charge is 0.173 e. The van der Waals surface area contributed by atoms with Crippen LogP contribution in [0, 0.1) is 0 Å². The van der Waals surface area contributed by atoms with Crippen LogP contribution in [-0.2, 0) is 12.8 Å². The molecule has 1 aromatic heterocycles. The number of rotatable bonds is 4. The van der Waals surface area contributed by atoms with Gasteiger partial charge in [0.05, 0.1) is 5.56 Å². The molecule has 0 bridgehead atoms. The molecule has 1 aromatic rings. The molecule has 0 spiro atoms. The van der Waals surface area contributed by atoms with Crippen LogP contribution in [0.2, 0.25) is 0 Å². The second-order valence-electron chi connectivity index (χ2n) is 5.08. The Hall–Kier alpha value is -1.78. The Morgan fingerprint density at radius 2 is 2.21 bits per heavy atom. The number of fused-ring (bicyclic) bond motifs is 1. The first kappa shape index (κ1) is 13.6. The summed E-state index contributed by atoms with van der Waals surface area (Å²) >= 11 is 0. The lowest BCUT2D eigenvalue weighted by molar-refractivity contribution is 0.318. The van der Waals surface area contributed by atoms with Gasteiger partial charge in [-0.05, 0) is 43.7 Å². The van der Waals surface area contributed by atoms with Gasteiger partial charge in [-0.25, -0.2) is 4.98 Å². The van der Waals surface area contributed by atoms with Crippen LogP contribution in [0.1, 0.15) is 43.0 Å². The van der Waals surface area contributed by atoms with Crippen LogP contribution < -0.4 is 10.6 Å². The van der Waals surface area contributed by atoms with Gasteiger partial charge in [-0.15, -0.1) is 0 Å². The van der Waals surface area contributed by atoms with E-state index in [-0.39, 0.29) is 5.84 Å². The van der Waals surface area contributed by atoms with Gasteiger partial charge in [0.15, 0.2) is 5.84 Å². The third-order valence-electron chi connectivity index (χ3n) is 3.58. The molecule has 3 N–H and O–H groups in total. The van der Waals surface area contributed by atoms with Crippen molar-refractivity contribution < 1.29 is 5.21 Å². The monoisotopic (exact) mass is 262 g/mol. The molecule has 104 valence electrons. The highest BCUT2D eigenvalue weighted by atomic mass is 16.4. The number of pyridine rings is 1. The number of aromatic nitrogens is 1. The summed E-state index contributed by atoms with van der Waals surface area (Å²) in [5, 5.41) is 12.1. The summed E-state index contributed by atoms with van der Waals surface area (Å²) in [6.45, 7) is 3.02. The molecule has 1 aliphatic rings. The number of amidine groups is 1. The quantitative estimate of drug-likeness (QED) is 0.376. The minimum atomic E-state index is 0.138. The van der Waals surface area contributed by atoms with Crippen LogP contribution in [0.15, 0.2) is 11.2 Å². The minimum absolute atomic E-state index is 0.138. The highest BCUT2D eigenvalue weighted by molar-refractivity contribution is 6.01. The van der Waals surface area contributed by atoms with E-state index in [0.29, 0.717) is 0 Å². The van der Waals surface area contributed by atoms with Gasteiger partial charge >= 0.3 is 0 Å².